The Labute approximate surface area is 101 Å². The van der Waals surface area contributed by atoms with Gasteiger partial charge in [-0.3, -0.25) is 4.79 Å². The van der Waals surface area contributed by atoms with Crippen LogP contribution in [0.15, 0.2) is 29.4 Å². The summed E-state index contributed by atoms with van der Waals surface area (Å²) in [4.78, 5) is 10.6. The fourth-order valence-corrected chi connectivity index (χ4v) is 1.26. The topological polar surface area (TPSA) is 78.9 Å². The Morgan fingerprint density at radius 3 is 2.53 bits per heavy atom. The Bertz CT molecular complexity index is 399. The van der Waals surface area contributed by atoms with Crippen molar-refractivity contribution in [2.24, 2.45) is 10.8 Å². The molecule has 92 valence electrons. The lowest BCUT2D eigenvalue weighted by Gasteiger charge is -2.06. The maximum Gasteiger partial charge on any atom is 0.320 e. The molecule has 0 amide bonds. The SMILES string of the molecule is CN(C)N=Cc1ccc(CC(N)C(=O)O)cc1. The summed E-state index contributed by atoms with van der Waals surface area (Å²) >= 11 is 0. The number of hydrogen-bond acceptors (Lipinski definition) is 4. The summed E-state index contributed by atoms with van der Waals surface area (Å²) in [6, 6.07) is 6.64. The van der Waals surface area contributed by atoms with Crippen LogP contribution in [0.2, 0.25) is 0 Å². The van der Waals surface area contributed by atoms with Crippen molar-refractivity contribution in [3.05, 3.63) is 35.4 Å². The van der Waals surface area contributed by atoms with E-state index in [-0.39, 0.29) is 0 Å². The Morgan fingerprint density at radius 1 is 1.47 bits per heavy atom. The number of aliphatic carboxylic acids is 1. The van der Waals surface area contributed by atoms with Crippen LogP contribution in [0.4, 0.5) is 0 Å². The van der Waals surface area contributed by atoms with Crippen molar-refractivity contribution in [3.8, 4) is 0 Å². The molecule has 1 atom stereocenters. The van der Waals surface area contributed by atoms with E-state index in [0.29, 0.717) is 6.42 Å². The van der Waals surface area contributed by atoms with Crippen LogP contribution in [-0.2, 0) is 11.2 Å². The van der Waals surface area contributed by atoms with Crippen LogP contribution in [0.1, 0.15) is 11.1 Å². The Balaban J connectivity index is 2.65. The van der Waals surface area contributed by atoms with Gasteiger partial charge >= 0.3 is 5.97 Å². The summed E-state index contributed by atoms with van der Waals surface area (Å²) in [6.45, 7) is 0. The van der Waals surface area contributed by atoms with Crippen LogP contribution in [0.5, 0.6) is 0 Å². The molecule has 0 bridgehead atoms. The van der Waals surface area contributed by atoms with Gasteiger partial charge in [-0.2, -0.15) is 5.10 Å². The minimum atomic E-state index is -0.983. The van der Waals surface area contributed by atoms with Crippen LogP contribution in [0.3, 0.4) is 0 Å². The Kier molecular flexibility index (Phi) is 4.66. The molecular weight excluding hydrogens is 218 g/mol. The monoisotopic (exact) mass is 235 g/mol. The average Bonchev–Trinajstić information content (AvgIpc) is 2.28. The predicted molar refractivity (Wildman–Crippen MR) is 67.0 cm³/mol. The minimum Gasteiger partial charge on any atom is -0.480 e. The van der Waals surface area contributed by atoms with E-state index >= 15 is 0 Å². The van der Waals surface area contributed by atoms with E-state index in [9.17, 15) is 4.79 Å². The highest BCUT2D eigenvalue weighted by atomic mass is 16.4. The molecule has 0 saturated heterocycles. The molecule has 0 aliphatic heterocycles. The molecule has 5 nitrogen and oxygen atoms in total. The number of carboxylic acids is 1. The van der Waals surface area contributed by atoms with Crippen molar-refractivity contribution in [2.45, 2.75) is 12.5 Å². The Hall–Kier alpha value is -1.88. The second-order valence-corrected chi connectivity index (χ2v) is 3.98. The zero-order valence-corrected chi connectivity index (χ0v) is 10.00. The molecule has 3 N–H and O–H groups in total. The number of nitrogens with zero attached hydrogens (tertiary/aromatic N) is 2. The van der Waals surface area contributed by atoms with E-state index in [1.54, 1.807) is 11.2 Å². The van der Waals surface area contributed by atoms with Gasteiger partial charge in [-0.15, -0.1) is 0 Å². The molecule has 0 spiro atoms. The van der Waals surface area contributed by atoms with Gasteiger partial charge in [0.05, 0.1) is 6.21 Å². The van der Waals surface area contributed by atoms with Crippen molar-refractivity contribution in [1.29, 1.82) is 0 Å². The molecule has 1 rings (SSSR count). The van der Waals surface area contributed by atoms with E-state index in [2.05, 4.69) is 5.10 Å². The number of carboxylic acid groups (broad SMARTS) is 1. The first kappa shape index (κ1) is 13.2. The molecule has 0 aliphatic carbocycles. The lowest BCUT2D eigenvalue weighted by Crippen LogP contribution is -2.32. The summed E-state index contributed by atoms with van der Waals surface area (Å²) in [5, 5.41) is 14.5. The first-order valence-corrected chi connectivity index (χ1v) is 5.27. The highest BCUT2D eigenvalue weighted by Crippen LogP contribution is 2.05. The normalized spacial score (nSPS) is 12.6. The van der Waals surface area contributed by atoms with Crippen molar-refractivity contribution in [1.82, 2.24) is 5.01 Å². The van der Waals surface area contributed by atoms with Gasteiger partial charge in [0.1, 0.15) is 6.04 Å². The summed E-state index contributed by atoms with van der Waals surface area (Å²) in [5.74, 6) is -0.983. The average molecular weight is 235 g/mol. The highest BCUT2D eigenvalue weighted by Gasteiger charge is 2.11. The van der Waals surface area contributed by atoms with Gasteiger partial charge < -0.3 is 15.8 Å². The maximum atomic E-state index is 10.6. The van der Waals surface area contributed by atoms with Crippen molar-refractivity contribution < 1.29 is 9.90 Å². The largest absolute Gasteiger partial charge is 0.480 e. The van der Waals surface area contributed by atoms with Gasteiger partial charge in [0.25, 0.3) is 0 Å². The lowest BCUT2D eigenvalue weighted by molar-refractivity contribution is -0.138. The number of hydrogen-bond donors (Lipinski definition) is 2. The number of benzene rings is 1. The molecule has 0 radical (unpaired) electrons. The molecule has 1 unspecified atom stereocenters. The third-order valence-electron chi connectivity index (χ3n) is 2.19. The Morgan fingerprint density at radius 2 is 2.06 bits per heavy atom. The predicted octanol–water partition coefficient (Wildman–Crippen LogP) is 0.536. The second-order valence-electron chi connectivity index (χ2n) is 3.98. The summed E-state index contributed by atoms with van der Waals surface area (Å²) in [6.07, 6.45) is 2.07. The van der Waals surface area contributed by atoms with Gasteiger partial charge in [0.15, 0.2) is 0 Å². The van der Waals surface area contributed by atoms with E-state index in [0.717, 1.165) is 11.1 Å². The molecule has 0 heterocycles. The fourth-order valence-electron chi connectivity index (χ4n) is 1.26. The summed E-state index contributed by atoms with van der Waals surface area (Å²) < 4.78 is 0. The number of rotatable bonds is 5. The van der Waals surface area contributed by atoms with Crippen LogP contribution < -0.4 is 5.73 Å². The third kappa shape index (κ3) is 4.65. The molecule has 5 heteroatoms. The molecule has 17 heavy (non-hydrogen) atoms. The first-order chi connectivity index (χ1) is 7.99. The van der Waals surface area contributed by atoms with Crippen LogP contribution in [0.25, 0.3) is 0 Å². The number of hydrazone groups is 1. The smallest absolute Gasteiger partial charge is 0.320 e. The van der Waals surface area contributed by atoms with Gasteiger partial charge in [0, 0.05) is 14.1 Å². The van der Waals surface area contributed by atoms with Crippen LogP contribution >= 0.6 is 0 Å². The highest BCUT2D eigenvalue weighted by molar-refractivity contribution is 5.79. The molecule has 0 fully saturated rings. The molecule has 0 saturated carbocycles. The molecule has 0 aromatic heterocycles. The van der Waals surface area contributed by atoms with Crippen LogP contribution in [0, 0.1) is 0 Å². The van der Waals surface area contributed by atoms with Gasteiger partial charge in [-0.25, -0.2) is 0 Å². The van der Waals surface area contributed by atoms with E-state index in [4.69, 9.17) is 10.8 Å². The standard InChI is InChI=1S/C12H17N3O2/c1-15(2)14-8-10-5-3-9(4-6-10)7-11(13)12(16)17/h3-6,8,11H,7,13H2,1-2H3,(H,16,17). The third-order valence-corrected chi connectivity index (χ3v) is 2.19. The second kappa shape index (κ2) is 6.00. The molecule has 1 aromatic rings. The van der Waals surface area contributed by atoms with E-state index in [1.807, 2.05) is 38.4 Å². The van der Waals surface area contributed by atoms with Gasteiger partial charge in [-0.1, -0.05) is 24.3 Å². The zero-order chi connectivity index (χ0) is 12.8. The molecular formula is C12H17N3O2. The minimum absolute atomic E-state index is 0.334. The van der Waals surface area contributed by atoms with Crippen molar-refractivity contribution in [2.75, 3.05) is 14.1 Å². The number of carbonyl (C=O) groups is 1. The fraction of sp³-hybridized carbons (Fsp3) is 0.333. The molecule has 0 aliphatic rings. The first-order valence-electron chi connectivity index (χ1n) is 5.27. The van der Waals surface area contributed by atoms with E-state index < -0.39 is 12.0 Å². The quantitative estimate of drug-likeness (QED) is 0.576. The van der Waals surface area contributed by atoms with Gasteiger partial charge in [-0.05, 0) is 17.5 Å². The van der Waals surface area contributed by atoms with Crippen LogP contribution in [-0.4, -0.2) is 42.4 Å². The van der Waals surface area contributed by atoms with Gasteiger partial charge in [0.2, 0.25) is 0 Å². The maximum absolute atomic E-state index is 10.6. The zero-order valence-electron chi connectivity index (χ0n) is 10.00. The van der Waals surface area contributed by atoms with Crippen molar-refractivity contribution in [3.63, 3.8) is 0 Å². The number of nitrogens with two attached hydrogens (primary N) is 1. The summed E-state index contributed by atoms with van der Waals surface area (Å²) in [5.41, 5.74) is 7.32. The molecule has 1 aromatic carbocycles. The van der Waals surface area contributed by atoms with Crippen molar-refractivity contribution >= 4 is 12.2 Å². The lowest BCUT2D eigenvalue weighted by atomic mass is 10.1. The summed E-state index contributed by atoms with van der Waals surface area (Å²) in [7, 11) is 3.69. The van der Waals surface area contributed by atoms with E-state index in [1.165, 1.54) is 0 Å².